The summed E-state index contributed by atoms with van der Waals surface area (Å²) in [6.07, 6.45) is 4.79. The molecule has 8 heteroatoms. The van der Waals surface area contributed by atoms with Crippen LogP contribution in [0.25, 0.3) is 0 Å². The van der Waals surface area contributed by atoms with Gasteiger partial charge >= 0.3 is 0 Å². The van der Waals surface area contributed by atoms with Crippen LogP contribution in [0, 0.1) is 0 Å². The average Bonchev–Trinajstić information content (AvgIpc) is 2.63. The lowest BCUT2D eigenvalue weighted by atomic mass is 10.1. The van der Waals surface area contributed by atoms with Gasteiger partial charge in [0.25, 0.3) is 5.91 Å². The highest BCUT2D eigenvalue weighted by Crippen LogP contribution is 2.05. The van der Waals surface area contributed by atoms with Crippen LogP contribution in [0.1, 0.15) is 55.5 Å². The summed E-state index contributed by atoms with van der Waals surface area (Å²) in [6, 6.07) is 7.53. The molecule has 0 fully saturated rings. The largest absolute Gasteiger partial charge is 0.368 e. The fourth-order valence-corrected chi connectivity index (χ4v) is 2.43. The lowest BCUT2D eigenvalue weighted by Crippen LogP contribution is -2.41. The monoisotopic (exact) mass is 489 g/mol. The summed E-state index contributed by atoms with van der Waals surface area (Å²) < 4.78 is 0. The summed E-state index contributed by atoms with van der Waals surface area (Å²) in [5.74, 6) is -0.124. The van der Waals surface area contributed by atoms with E-state index in [1.807, 2.05) is 12.1 Å². The van der Waals surface area contributed by atoms with E-state index < -0.39 is 5.91 Å². The molecule has 5 N–H and O–H groups in total. The number of benzene rings is 1. The van der Waals surface area contributed by atoms with Crippen molar-refractivity contribution in [3.63, 3.8) is 0 Å². The Labute approximate surface area is 179 Å². The molecule has 1 aromatic carbocycles. The van der Waals surface area contributed by atoms with E-state index in [1.54, 1.807) is 19.2 Å². The Morgan fingerprint density at radius 3 is 2.37 bits per heavy atom. The molecule has 1 atom stereocenters. The normalized spacial score (nSPS) is 11.9. The fourth-order valence-electron chi connectivity index (χ4n) is 2.43. The minimum atomic E-state index is -0.568. The Kier molecular flexibility index (Phi) is 13.3. The number of unbranched alkanes of at least 4 members (excludes halogenated alkanes) is 2. The topological polar surface area (TPSA) is 109 Å². The van der Waals surface area contributed by atoms with Gasteiger partial charge in [-0.2, -0.15) is 0 Å². The van der Waals surface area contributed by atoms with Gasteiger partial charge in [-0.3, -0.25) is 14.6 Å². The number of amides is 2. The Hall–Kier alpha value is -1.84. The maximum absolute atomic E-state index is 11.8. The molecule has 0 radical (unpaired) electrons. The van der Waals surface area contributed by atoms with Crippen molar-refractivity contribution in [1.82, 2.24) is 16.0 Å². The molecule has 152 valence electrons. The minimum Gasteiger partial charge on any atom is -0.368 e. The molecule has 1 aromatic rings. The van der Waals surface area contributed by atoms with Crippen LogP contribution < -0.4 is 21.7 Å². The van der Waals surface area contributed by atoms with E-state index in [9.17, 15) is 9.59 Å². The van der Waals surface area contributed by atoms with E-state index in [4.69, 9.17) is 5.73 Å². The van der Waals surface area contributed by atoms with Crippen molar-refractivity contribution in [1.29, 1.82) is 0 Å². The van der Waals surface area contributed by atoms with Gasteiger partial charge < -0.3 is 21.7 Å². The predicted molar refractivity (Wildman–Crippen MR) is 120 cm³/mol. The first-order valence-electron chi connectivity index (χ1n) is 9.08. The molecule has 1 rings (SSSR count). The quantitative estimate of drug-likeness (QED) is 0.175. The second-order valence-corrected chi connectivity index (χ2v) is 6.31. The first-order chi connectivity index (χ1) is 12.5. The minimum absolute atomic E-state index is 0. The number of carbonyl (C=O) groups is 2. The summed E-state index contributed by atoms with van der Waals surface area (Å²) >= 11 is 0. The number of aliphatic imine (C=N–C) groups is 1. The SMILES string of the molecule is CCCCCC(C)NC(=NC)NCc1ccc(C(=O)NCC(N)=O)cc1.I. The third-order valence-electron chi connectivity index (χ3n) is 3.95. The van der Waals surface area contributed by atoms with Crippen molar-refractivity contribution in [2.24, 2.45) is 10.7 Å². The second kappa shape index (κ2) is 14.2. The van der Waals surface area contributed by atoms with Crippen LogP contribution in [0.4, 0.5) is 0 Å². The third-order valence-corrected chi connectivity index (χ3v) is 3.95. The molecule has 0 heterocycles. The highest BCUT2D eigenvalue weighted by Gasteiger charge is 2.07. The van der Waals surface area contributed by atoms with Crippen LogP contribution in [0.2, 0.25) is 0 Å². The number of rotatable bonds is 10. The molecule has 0 aliphatic rings. The fraction of sp³-hybridized carbons (Fsp3) is 0.526. The molecule has 0 aliphatic heterocycles. The molecular weight excluding hydrogens is 457 g/mol. The number of nitrogens with one attached hydrogen (secondary N) is 3. The molecule has 7 nitrogen and oxygen atoms in total. The zero-order chi connectivity index (χ0) is 19.4. The molecular formula is C19H32IN5O2. The van der Waals surface area contributed by atoms with Gasteiger partial charge in [0.05, 0.1) is 6.54 Å². The summed E-state index contributed by atoms with van der Waals surface area (Å²) in [5.41, 5.74) is 6.53. The van der Waals surface area contributed by atoms with Crippen LogP contribution in [0.5, 0.6) is 0 Å². The number of nitrogens with two attached hydrogens (primary N) is 1. The van der Waals surface area contributed by atoms with E-state index in [0.717, 1.165) is 17.9 Å². The number of hydrogen-bond donors (Lipinski definition) is 4. The molecule has 0 aliphatic carbocycles. The van der Waals surface area contributed by atoms with E-state index in [-0.39, 0.29) is 36.4 Å². The van der Waals surface area contributed by atoms with Gasteiger partial charge in [-0.25, -0.2) is 0 Å². The number of primary amides is 1. The zero-order valence-corrected chi connectivity index (χ0v) is 18.7. The summed E-state index contributed by atoms with van der Waals surface area (Å²) in [6.45, 7) is 4.79. The van der Waals surface area contributed by atoms with Crippen LogP contribution in [-0.2, 0) is 11.3 Å². The Bertz CT molecular complexity index is 605. The van der Waals surface area contributed by atoms with Gasteiger partial charge in [0, 0.05) is 25.2 Å². The van der Waals surface area contributed by atoms with Gasteiger partial charge in [-0.05, 0) is 31.0 Å². The lowest BCUT2D eigenvalue weighted by molar-refractivity contribution is -0.117. The lowest BCUT2D eigenvalue weighted by Gasteiger charge is -2.18. The van der Waals surface area contributed by atoms with Crippen LogP contribution in [0.3, 0.4) is 0 Å². The van der Waals surface area contributed by atoms with Crippen molar-refractivity contribution < 1.29 is 9.59 Å². The molecule has 0 bridgehead atoms. The predicted octanol–water partition coefficient (Wildman–Crippen LogP) is 2.15. The zero-order valence-electron chi connectivity index (χ0n) is 16.4. The average molecular weight is 489 g/mol. The van der Waals surface area contributed by atoms with Gasteiger partial charge in [0.15, 0.2) is 5.96 Å². The Morgan fingerprint density at radius 2 is 1.81 bits per heavy atom. The molecule has 2 amide bonds. The molecule has 0 aromatic heterocycles. The number of guanidine groups is 1. The first kappa shape index (κ1) is 25.2. The smallest absolute Gasteiger partial charge is 0.251 e. The number of hydrogen-bond acceptors (Lipinski definition) is 3. The first-order valence-corrected chi connectivity index (χ1v) is 9.08. The molecule has 1 unspecified atom stereocenters. The summed E-state index contributed by atoms with van der Waals surface area (Å²) in [4.78, 5) is 26.8. The Morgan fingerprint density at radius 1 is 1.15 bits per heavy atom. The maximum atomic E-state index is 11.8. The van der Waals surface area contributed by atoms with Gasteiger partial charge in [-0.1, -0.05) is 38.3 Å². The number of carbonyl (C=O) groups excluding carboxylic acids is 2. The highest BCUT2D eigenvalue weighted by atomic mass is 127. The van der Waals surface area contributed by atoms with Crippen LogP contribution in [0.15, 0.2) is 29.3 Å². The molecule has 0 spiro atoms. The highest BCUT2D eigenvalue weighted by molar-refractivity contribution is 14.0. The van der Waals surface area contributed by atoms with Crippen LogP contribution >= 0.6 is 24.0 Å². The van der Waals surface area contributed by atoms with Gasteiger partial charge in [0.2, 0.25) is 5.91 Å². The van der Waals surface area contributed by atoms with Crippen molar-refractivity contribution in [3.8, 4) is 0 Å². The van der Waals surface area contributed by atoms with E-state index in [0.29, 0.717) is 18.2 Å². The summed E-state index contributed by atoms with van der Waals surface area (Å²) in [5, 5.41) is 9.12. The van der Waals surface area contributed by atoms with Crippen molar-refractivity contribution in [3.05, 3.63) is 35.4 Å². The van der Waals surface area contributed by atoms with E-state index in [2.05, 4.69) is 34.8 Å². The summed E-state index contributed by atoms with van der Waals surface area (Å²) in [7, 11) is 1.75. The van der Waals surface area contributed by atoms with Crippen molar-refractivity contribution >= 4 is 41.8 Å². The van der Waals surface area contributed by atoms with Crippen molar-refractivity contribution in [2.75, 3.05) is 13.6 Å². The maximum Gasteiger partial charge on any atom is 0.251 e. The Balaban J connectivity index is 0.00000676. The van der Waals surface area contributed by atoms with Crippen molar-refractivity contribution in [2.45, 2.75) is 52.1 Å². The second-order valence-electron chi connectivity index (χ2n) is 6.31. The van der Waals surface area contributed by atoms with Crippen LogP contribution in [-0.4, -0.2) is 37.4 Å². The standard InChI is InChI=1S/C19H31N5O2.HI/c1-4-5-6-7-14(2)24-19(21-3)23-12-15-8-10-16(11-9-15)18(26)22-13-17(20)25;/h8-11,14H,4-7,12-13H2,1-3H3,(H2,20,25)(H,22,26)(H2,21,23,24);1H. The number of nitrogens with zero attached hydrogens (tertiary/aromatic N) is 1. The van der Waals surface area contributed by atoms with Gasteiger partial charge in [-0.15, -0.1) is 24.0 Å². The molecule has 27 heavy (non-hydrogen) atoms. The molecule has 0 saturated heterocycles. The molecule has 0 saturated carbocycles. The van der Waals surface area contributed by atoms with E-state index in [1.165, 1.54) is 19.3 Å². The number of halogens is 1. The third kappa shape index (κ3) is 10.8. The van der Waals surface area contributed by atoms with E-state index >= 15 is 0 Å². The van der Waals surface area contributed by atoms with Gasteiger partial charge in [0.1, 0.15) is 0 Å².